The smallest absolute Gasteiger partial charge is 0.131 e. The van der Waals surface area contributed by atoms with Gasteiger partial charge in [0.15, 0.2) is 0 Å². The zero-order chi connectivity index (χ0) is 14.8. The lowest BCUT2D eigenvalue weighted by molar-refractivity contribution is 0.177. The molecule has 1 N–H and O–H groups in total. The Morgan fingerprint density at radius 2 is 2.14 bits per heavy atom. The van der Waals surface area contributed by atoms with Gasteiger partial charge in [-0.3, -0.25) is 4.90 Å². The molecule has 2 heterocycles. The van der Waals surface area contributed by atoms with E-state index in [4.69, 9.17) is 4.74 Å². The Kier molecular flexibility index (Phi) is 4.45. The largest absolute Gasteiger partial charge is 0.497 e. The van der Waals surface area contributed by atoms with Gasteiger partial charge in [0.05, 0.1) is 7.11 Å². The van der Waals surface area contributed by atoms with E-state index in [1.807, 2.05) is 12.1 Å². The number of hydrogen-bond acceptors (Lipinski definition) is 3. The number of rotatable bonds is 4. The highest BCUT2D eigenvalue weighted by molar-refractivity contribution is 5.30. The van der Waals surface area contributed by atoms with E-state index in [-0.39, 0.29) is 11.9 Å². The lowest BCUT2D eigenvalue weighted by Crippen LogP contribution is -2.45. The molecule has 2 aliphatic rings. The molecule has 3 unspecified atom stereocenters. The van der Waals surface area contributed by atoms with Crippen LogP contribution < -0.4 is 10.1 Å². The van der Waals surface area contributed by atoms with Crippen LogP contribution in [0.1, 0.15) is 44.2 Å². The SMILES string of the molecule is COc1ccc(C(C)NC2CCN3CCCCC23)c(F)c1. The lowest BCUT2D eigenvalue weighted by Gasteiger charge is -2.34. The Hall–Kier alpha value is -1.13. The predicted molar refractivity (Wildman–Crippen MR) is 82.1 cm³/mol. The van der Waals surface area contributed by atoms with E-state index in [1.165, 1.54) is 44.8 Å². The molecule has 2 fully saturated rings. The van der Waals surface area contributed by atoms with Gasteiger partial charge < -0.3 is 10.1 Å². The number of methoxy groups -OCH3 is 1. The summed E-state index contributed by atoms with van der Waals surface area (Å²) >= 11 is 0. The second kappa shape index (κ2) is 6.32. The molecule has 0 spiro atoms. The molecule has 0 aromatic heterocycles. The third-order valence-corrected chi connectivity index (χ3v) is 4.99. The number of benzene rings is 1. The number of hydrogen-bond donors (Lipinski definition) is 1. The zero-order valence-electron chi connectivity index (χ0n) is 12.9. The van der Waals surface area contributed by atoms with E-state index in [0.717, 1.165) is 5.56 Å². The number of piperidine rings is 1. The molecule has 1 aromatic carbocycles. The third-order valence-electron chi connectivity index (χ3n) is 4.99. The number of halogens is 1. The summed E-state index contributed by atoms with van der Waals surface area (Å²) in [6.45, 7) is 4.46. The fourth-order valence-corrected chi connectivity index (χ4v) is 3.84. The fourth-order valence-electron chi connectivity index (χ4n) is 3.84. The maximum absolute atomic E-state index is 14.2. The van der Waals surface area contributed by atoms with Crippen LogP contribution >= 0.6 is 0 Å². The molecule has 116 valence electrons. The topological polar surface area (TPSA) is 24.5 Å². The van der Waals surface area contributed by atoms with Gasteiger partial charge in [-0.05, 0) is 38.8 Å². The maximum atomic E-state index is 14.2. The van der Waals surface area contributed by atoms with Crippen molar-refractivity contribution in [2.75, 3.05) is 20.2 Å². The minimum Gasteiger partial charge on any atom is -0.497 e. The molecule has 2 saturated heterocycles. The average Bonchev–Trinajstić information content (AvgIpc) is 2.90. The van der Waals surface area contributed by atoms with Crippen LogP contribution in [0.15, 0.2) is 18.2 Å². The van der Waals surface area contributed by atoms with Gasteiger partial charge >= 0.3 is 0 Å². The summed E-state index contributed by atoms with van der Waals surface area (Å²) < 4.78 is 19.2. The molecule has 3 atom stereocenters. The lowest BCUT2D eigenvalue weighted by atomic mass is 9.97. The number of nitrogens with zero attached hydrogens (tertiary/aromatic N) is 1. The van der Waals surface area contributed by atoms with Crippen molar-refractivity contribution in [3.8, 4) is 5.75 Å². The van der Waals surface area contributed by atoms with Crippen molar-refractivity contribution in [3.05, 3.63) is 29.6 Å². The summed E-state index contributed by atoms with van der Waals surface area (Å²) in [6.07, 6.45) is 5.10. The predicted octanol–water partition coefficient (Wildman–Crippen LogP) is 3.11. The Balaban J connectivity index is 1.67. The monoisotopic (exact) mass is 292 g/mol. The second-order valence-electron chi connectivity index (χ2n) is 6.27. The van der Waals surface area contributed by atoms with Gasteiger partial charge in [0.2, 0.25) is 0 Å². The molecule has 1 aromatic rings. The van der Waals surface area contributed by atoms with Crippen LogP contribution in [0.2, 0.25) is 0 Å². The normalized spacial score (nSPS) is 27.4. The number of nitrogens with one attached hydrogen (secondary N) is 1. The van der Waals surface area contributed by atoms with Gasteiger partial charge in [0.1, 0.15) is 11.6 Å². The summed E-state index contributed by atoms with van der Waals surface area (Å²) in [6, 6.07) is 6.29. The summed E-state index contributed by atoms with van der Waals surface area (Å²) in [5.74, 6) is 0.385. The standard InChI is InChI=1S/C17H25FN2O/c1-12(14-7-6-13(21-2)11-15(14)18)19-16-8-10-20-9-4-3-5-17(16)20/h6-7,11-12,16-17,19H,3-5,8-10H2,1-2H3. The Morgan fingerprint density at radius 3 is 2.90 bits per heavy atom. The molecule has 0 bridgehead atoms. The minimum absolute atomic E-state index is 0.0304. The van der Waals surface area contributed by atoms with Crippen LogP contribution in [0.3, 0.4) is 0 Å². The molecule has 0 amide bonds. The van der Waals surface area contributed by atoms with Gasteiger partial charge in [-0.1, -0.05) is 12.5 Å². The molecule has 4 heteroatoms. The molecule has 2 aliphatic heterocycles. The van der Waals surface area contributed by atoms with Gasteiger partial charge in [0, 0.05) is 36.3 Å². The van der Waals surface area contributed by atoms with Gasteiger partial charge in [-0.25, -0.2) is 4.39 Å². The van der Waals surface area contributed by atoms with Crippen LogP contribution in [-0.4, -0.2) is 37.2 Å². The van der Waals surface area contributed by atoms with Crippen LogP contribution in [-0.2, 0) is 0 Å². The van der Waals surface area contributed by atoms with E-state index in [1.54, 1.807) is 7.11 Å². The highest BCUT2D eigenvalue weighted by Crippen LogP contribution is 2.29. The summed E-state index contributed by atoms with van der Waals surface area (Å²) in [5, 5.41) is 3.65. The molecule has 0 radical (unpaired) electrons. The van der Waals surface area contributed by atoms with Crippen molar-refractivity contribution < 1.29 is 9.13 Å². The van der Waals surface area contributed by atoms with Crippen LogP contribution in [0.25, 0.3) is 0 Å². The molecule has 21 heavy (non-hydrogen) atoms. The summed E-state index contributed by atoms with van der Waals surface area (Å²) in [5.41, 5.74) is 0.727. The zero-order valence-corrected chi connectivity index (χ0v) is 12.9. The third kappa shape index (κ3) is 3.06. The highest BCUT2D eigenvalue weighted by atomic mass is 19.1. The van der Waals surface area contributed by atoms with E-state index in [9.17, 15) is 4.39 Å². The highest BCUT2D eigenvalue weighted by Gasteiger charge is 2.36. The molecule has 3 rings (SSSR count). The first-order chi connectivity index (χ1) is 10.2. The van der Waals surface area contributed by atoms with Crippen LogP contribution in [0.5, 0.6) is 5.75 Å². The molecule has 3 nitrogen and oxygen atoms in total. The first-order valence-corrected chi connectivity index (χ1v) is 8.02. The minimum atomic E-state index is -0.187. The van der Waals surface area contributed by atoms with Gasteiger partial charge in [-0.2, -0.15) is 0 Å². The molecule has 0 saturated carbocycles. The number of ether oxygens (including phenoxy) is 1. The van der Waals surface area contributed by atoms with Crippen LogP contribution in [0.4, 0.5) is 4.39 Å². The van der Waals surface area contributed by atoms with Crippen molar-refractivity contribution in [1.82, 2.24) is 10.2 Å². The van der Waals surface area contributed by atoms with E-state index >= 15 is 0 Å². The Morgan fingerprint density at radius 1 is 1.29 bits per heavy atom. The van der Waals surface area contributed by atoms with Gasteiger partial charge in [0.25, 0.3) is 0 Å². The average molecular weight is 292 g/mol. The van der Waals surface area contributed by atoms with E-state index < -0.39 is 0 Å². The molecular formula is C17H25FN2O. The van der Waals surface area contributed by atoms with Crippen LogP contribution in [0, 0.1) is 5.82 Å². The maximum Gasteiger partial charge on any atom is 0.131 e. The van der Waals surface area contributed by atoms with Crippen molar-refractivity contribution >= 4 is 0 Å². The van der Waals surface area contributed by atoms with E-state index in [2.05, 4.69) is 17.1 Å². The molecule has 0 aliphatic carbocycles. The van der Waals surface area contributed by atoms with Gasteiger partial charge in [-0.15, -0.1) is 0 Å². The van der Waals surface area contributed by atoms with Crippen molar-refractivity contribution in [2.24, 2.45) is 0 Å². The first-order valence-electron chi connectivity index (χ1n) is 8.02. The second-order valence-corrected chi connectivity index (χ2v) is 6.27. The van der Waals surface area contributed by atoms with Crippen molar-refractivity contribution in [1.29, 1.82) is 0 Å². The first kappa shape index (κ1) is 14.8. The number of fused-ring (bicyclic) bond motifs is 1. The van der Waals surface area contributed by atoms with Crippen molar-refractivity contribution in [3.63, 3.8) is 0 Å². The van der Waals surface area contributed by atoms with Crippen molar-refractivity contribution in [2.45, 2.75) is 50.7 Å². The Labute approximate surface area is 126 Å². The van der Waals surface area contributed by atoms with E-state index in [0.29, 0.717) is 17.8 Å². The molecular weight excluding hydrogens is 267 g/mol. The quantitative estimate of drug-likeness (QED) is 0.923. The fraction of sp³-hybridized carbons (Fsp3) is 0.647. The summed E-state index contributed by atoms with van der Waals surface area (Å²) in [7, 11) is 1.56. The summed E-state index contributed by atoms with van der Waals surface area (Å²) in [4.78, 5) is 2.60. The Bertz CT molecular complexity index is 494.